The van der Waals surface area contributed by atoms with Crippen LogP contribution in [0, 0.1) is 11.6 Å². The predicted octanol–water partition coefficient (Wildman–Crippen LogP) is 2.21. The molecule has 1 aromatic rings. The molecule has 0 aliphatic rings. The van der Waals surface area contributed by atoms with Crippen molar-refractivity contribution in [1.82, 2.24) is 0 Å². The van der Waals surface area contributed by atoms with Crippen LogP contribution in [0.25, 0.3) is 0 Å². The first-order valence-corrected chi connectivity index (χ1v) is 4.60. The van der Waals surface area contributed by atoms with Crippen LogP contribution in [0.15, 0.2) is 18.2 Å². The molecule has 0 aliphatic carbocycles. The maximum absolute atomic E-state index is 13.4. The summed E-state index contributed by atoms with van der Waals surface area (Å²) in [4.78, 5) is 0. The Hall–Kier alpha value is -1.00. The Morgan fingerprint density at radius 2 is 2.00 bits per heavy atom. The highest BCUT2D eigenvalue weighted by Gasteiger charge is 2.33. The maximum atomic E-state index is 13.4. The van der Waals surface area contributed by atoms with Gasteiger partial charge in [-0.3, -0.25) is 0 Å². The van der Waals surface area contributed by atoms with Gasteiger partial charge in [-0.1, -0.05) is 0 Å². The molecule has 0 saturated heterocycles. The monoisotopic (exact) mass is 216 g/mol. The van der Waals surface area contributed by atoms with Crippen molar-refractivity contribution in [1.29, 1.82) is 0 Å². The van der Waals surface area contributed by atoms with E-state index >= 15 is 0 Å². The average Bonchev–Trinajstić information content (AvgIpc) is 2.20. The first-order valence-electron chi connectivity index (χ1n) is 4.60. The van der Waals surface area contributed by atoms with Gasteiger partial charge in [0, 0.05) is 12.7 Å². The van der Waals surface area contributed by atoms with Gasteiger partial charge < -0.3 is 9.84 Å². The Morgan fingerprint density at radius 3 is 2.53 bits per heavy atom. The molecule has 84 valence electrons. The highest BCUT2D eigenvalue weighted by molar-refractivity contribution is 5.25. The summed E-state index contributed by atoms with van der Waals surface area (Å²) in [5.41, 5.74) is -1.65. The van der Waals surface area contributed by atoms with E-state index in [9.17, 15) is 13.9 Å². The zero-order valence-corrected chi connectivity index (χ0v) is 8.92. The van der Waals surface area contributed by atoms with Crippen molar-refractivity contribution in [3.63, 3.8) is 0 Å². The smallest absolute Gasteiger partial charge is 0.129 e. The van der Waals surface area contributed by atoms with Crippen molar-refractivity contribution in [2.24, 2.45) is 0 Å². The first-order chi connectivity index (χ1) is 6.89. The maximum Gasteiger partial charge on any atom is 0.129 e. The van der Waals surface area contributed by atoms with Gasteiger partial charge in [-0.15, -0.1) is 0 Å². The minimum absolute atomic E-state index is 0.100. The van der Waals surface area contributed by atoms with E-state index in [4.69, 9.17) is 4.74 Å². The second-order valence-corrected chi connectivity index (χ2v) is 3.65. The Kier molecular flexibility index (Phi) is 3.42. The van der Waals surface area contributed by atoms with E-state index in [0.29, 0.717) is 0 Å². The quantitative estimate of drug-likeness (QED) is 0.839. The minimum atomic E-state index is -1.55. The fraction of sp³-hybridized carbons (Fsp3) is 0.455. The molecule has 0 heterocycles. The molecule has 1 aromatic carbocycles. The third kappa shape index (κ3) is 2.33. The summed E-state index contributed by atoms with van der Waals surface area (Å²) in [7, 11) is 1.40. The Labute approximate surface area is 87.5 Å². The molecular formula is C11H14F2O2. The molecule has 1 rings (SSSR count). The van der Waals surface area contributed by atoms with Gasteiger partial charge in [0.05, 0.1) is 6.10 Å². The molecule has 0 bridgehead atoms. The van der Waals surface area contributed by atoms with Crippen LogP contribution in [0.2, 0.25) is 0 Å². The van der Waals surface area contributed by atoms with E-state index in [0.717, 1.165) is 18.2 Å². The SMILES string of the molecule is COC(C)C(C)(O)c1cc(F)ccc1F. The Morgan fingerprint density at radius 1 is 1.40 bits per heavy atom. The molecule has 15 heavy (non-hydrogen) atoms. The third-order valence-corrected chi connectivity index (χ3v) is 2.62. The molecule has 0 aliphatic heterocycles. The van der Waals surface area contributed by atoms with Crippen LogP contribution in [0.4, 0.5) is 8.78 Å². The molecule has 1 N–H and O–H groups in total. The molecule has 2 unspecified atom stereocenters. The van der Waals surface area contributed by atoms with Gasteiger partial charge in [-0.2, -0.15) is 0 Å². The summed E-state index contributed by atoms with van der Waals surface area (Å²) in [5.74, 6) is -1.24. The van der Waals surface area contributed by atoms with Gasteiger partial charge in [-0.25, -0.2) is 8.78 Å². The normalized spacial score (nSPS) is 17.2. The first kappa shape index (κ1) is 12.1. The van der Waals surface area contributed by atoms with Crippen molar-refractivity contribution in [3.8, 4) is 0 Å². The molecule has 0 radical (unpaired) electrons. The topological polar surface area (TPSA) is 29.5 Å². The second kappa shape index (κ2) is 4.24. The lowest BCUT2D eigenvalue weighted by Crippen LogP contribution is -2.36. The van der Waals surface area contributed by atoms with Gasteiger partial charge in [-0.05, 0) is 32.0 Å². The lowest BCUT2D eigenvalue weighted by atomic mass is 9.90. The summed E-state index contributed by atoms with van der Waals surface area (Å²) in [6.07, 6.45) is -0.631. The van der Waals surface area contributed by atoms with Crippen molar-refractivity contribution >= 4 is 0 Å². The summed E-state index contributed by atoms with van der Waals surface area (Å²) < 4.78 is 31.2. The standard InChI is InChI=1S/C11H14F2O2/c1-7(15-3)11(2,14)9-6-8(12)4-5-10(9)13/h4-7,14H,1-3H3. The molecule has 0 saturated carbocycles. The van der Waals surface area contributed by atoms with Gasteiger partial charge in [0.1, 0.15) is 17.2 Å². The van der Waals surface area contributed by atoms with Crippen molar-refractivity contribution in [2.45, 2.75) is 25.6 Å². The molecule has 0 spiro atoms. The van der Waals surface area contributed by atoms with Crippen LogP contribution in [-0.4, -0.2) is 18.3 Å². The summed E-state index contributed by atoms with van der Waals surface area (Å²) in [6.45, 7) is 2.98. The predicted molar refractivity (Wildman–Crippen MR) is 52.4 cm³/mol. The highest BCUT2D eigenvalue weighted by atomic mass is 19.1. The van der Waals surface area contributed by atoms with E-state index in [1.807, 2.05) is 0 Å². The fourth-order valence-corrected chi connectivity index (χ4v) is 1.33. The zero-order valence-electron chi connectivity index (χ0n) is 8.92. The van der Waals surface area contributed by atoms with Gasteiger partial charge in [0.25, 0.3) is 0 Å². The number of benzene rings is 1. The summed E-state index contributed by atoms with van der Waals surface area (Å²) in [6, 6.07) is 2.97. The molecule has 0 fully saturated rings. The molecular weight excluding hydrogens is 202 g/mol. The largest absolute Gasteiger partial charge is 0.383 e. The fourth-order valence-electron chi connectivity index (χ4n) is 1.33. The summed E-state index contributed by atoms with van der Waals surface area (Å²) in [5, 5.41) is 10.0. The summed E-state index contributed by atoms with van der Waals surface area (Å²) >= 11 is 0. The van der Waals surface area contributed by atoms with Crippen molar-refractivity contribution in [3.05, 3.63) is 35.4 Å². The average molecular weight is 216 g/mol. The van der Waals surface area contributed by atoms with Crippen LogP contribution in [-0.2, 0) is 10.3 Å². The minimum Gasteiger partial charge on any atom is -0.383 e. The van der Waals surface area contributed by atoms with E-state index in [1.54, 1.807) is 6.92 Å². The Balaban J connectivity index is 3.19. The molecule has 0 aromatic heterocycles. The highest BCUT2D eigenvalue weighted by Crippen LogP contribution is 2.28. The second-order valence-electron chi connectivity index (χ2n) is 3.65. The van der Waals surface area contributed by atoms with E-state index < -0.39 is 23.3 Å². The van der Waals surface area contributed by atoms with Crippen molar-refractivity contribution in [2.75, 3.05) is 7.11 Å². The number of rotatable bonds is 3. The van der Waals surface area contributed by atoms with Gasteiger partial charge in [0.2, 0.25) is 0 Å². The number of hydrogen-bond donors (Lipinski definition) is 1. The van der Waals surface area contributed by atoms with Crippen LogP contribution >= 0.6 is 0 Å². The van der Waals surface area contributed by atoms with Crippen LogP contribution < -0.4 is 0 Å². The van der Waals surface area contributed by atoms with E-state index in [-0.39, 0.29) is 5.56 Å². The number of halogens is 2. The number of hydrogen-bond acceptors (Lipinski definition) is 2. The van der Waals surface area contributed by atoms with E-state index in [1.165, 1.54) is 14.0 Å². The number of ether oxygens (including phenoxy) is 1. The number of aliphatic hydroxyl groups is 1. The van der Waals surface area contributed by atoms with Gasteiger partial charge in [0.15, 0.2) is 0 Å². The molecule has 2 nitrogen and oxygen atoms in total. The van der Waals surface area contributed by atoms with Gasteiger partial charge >= 0.3 is 0 Å². The lowest BCUT2D eigenvalue weighted by molar-refractivity contribution is -0.0792. The Bertz CT molecular complexity index is 350. The zero-order chi connectivity index (χ0) is 11.6. The van der Waals surface area contributed by atoms with E-state index in [2.05, 4.69) is 0 Å². The van der Waals surface area contributed by atoms with Crippen LogP contribution in [0.3, 0.4) is 0 Å². The molecule has 0 amide bonds. The molecule has 2 atom stereocenters. The van der Waals surface area contributed by atoms with Crippen LogP contribution in [0.5, 0.6) is 0 Å². The van der Waals surface area contributed by atoms with Crippen molar-refractivity contribution < 1.29 is 18.6 Å². The number of methoxy groups -OCH3 is 1. The molecule has 4 heteroatoms. The lowest BCUT2D eigenvalue weighted by Gasteiger charge is -2.29. The third-order valence-electron chi connectivity index (χ3n) is 2.62. The van der Waals surface area contributed by atoms with Crippen LogP contribution in [0.1, 0.15) is 19.4 Å².